The van der Waals surface area contributed by atoms with Gasteiger partial charge in [-0.1, -0.05) is 11.6 Å². The summed E-state index contributed by atoms with van der Waals surface area (Å²) >= 11 is 9.14. The molecule has 0 aliphatic carbocycles. The minimum atomic E-state index is -0.380. The smallest absolute Gasteiger partial charge is 0.291 e. The van der Waals surface area contributed by atoms with E-state index in [1.165, 1.54) is 6.92 Å². The Bertz CT molecular complexity index is 712. The van der Waals surface area contributed by atoms with Crippen LogP contribution in [-0.4, -0.2) is 11.8 Å². The summed E-state index contributed by atoms with van der Waals surface area (Å²) in [5, 5.41) is 5.67. The molecule has 5 nitrogen and oxygen atoms in total. The van der Waals surface area contributed by atoms with Crippen molar-refractivity contribution < 1.29 is 14.0 Å². The maximum absolute atomic E-state index is 12.1. The molecule has 0 atom stereocenters. The van der Waals surface area contributed by atoms with Crippen molar-refractivity contribution in [1.29, 1.82) is 0 Å². The maximum Gasteiger partial charge on any atom is 0.291 e. The molecule has 2 rings (SSSR count). The van der Waals surface area contributed by atoms with Crippen LogP contribution in [0.2, 0.25) is 5.02 Å². The molecule has 1 aromatic heterocycles. The second kappa shape index (κ2) is 6.32. The summed E-state index contributed by atoms with van der Waals surface area (Å²) in [6.45, 7) is 3.15. The van der Waals surface area contributed by atoms with E-state index in [2.05, 4.69) is 26.6 Å². The van der Waals surface area contributed by atoms with Crippen molar-refractivity contribution in [3.63, 3.8) is 0 Å². The minimum absolute atomic E-state index is 0.220. The van der Waals surface area contributed by atoms with Crippen molar-refractivity contribution in [2.24, 2.45) is 0 Å². The second-order valence-electron chi connectivity index (χ2n) is 4.39. The van der Waals surface area contributed by atoms with E-state index in [0.29, 0.717) is 21.1 Å². The van der Waals surface area contributed by atoms with Gasteiger partial charge in [-0.05, 0) is 47.1 Å². The first-order valence-corrected chi connectivity index (χ1v) is 7.18. The van der Waals surface area contributed by atoms with Gasteiger partial charge >= 0.3 is 0 Å². The molecule has 0 saturated carbocycles. The van der Waals surface area contributed by atoms with Gasteiger partial charge in [0.25, 0.3) is 5.91 Å². The van der Waals surface area contributed by atoms with E-state index in [9.17, 15) is 9.59 Å². The molecule has 1 aromatic carbocycles. The Morgan fingerprint density at radius 2 is 1.95 bits per heavy atom. The lowest BCUT2D eigenvalue weighted by Crippen LogP contribution is -2.13. The lowest BCUT2D eigenvalue weighted by Gasteiger charge is -2.09. The van der Waals surface area contributed by atoms with E-state index in [4.69, 9.17) is 16.0 Å². The van der Waals surface area contributed by atoms with E-state index in [0.717, 1.165) is 5.56 Å². The number of halogens is 2. The lowest BCUT2D eigenvalue weighted by molar-refractivity contribution is -0.114. The van der Waals surface area contributed by atoms with Gasteiger partial charge in [0.2, 0.25) is 5.91 Å². The zero-order valence-electron chi connectivity index (χ0n) is 11.3. The lowest BCUT2D eigenvalue weighted by atomic mass is 10.2. The van der Waals surface area contributed by atoms with Crippen LogP contribution >= 0.6 is 27.5 Å². The molecule has 110 valence electrons. The Morgan fingerprint density at radius 3 is 2.52 bits per heavy atom. The van der Waals surface area contributed by atoms with Gasteiger partial charge in [-0.2, -0.15) is 0 Å². The molecule has 0 radical (unpaired) electrons. The van der Waals surface area contributed by atoms with Crippen LogP contribution in [0, 0.1) is 6.92 Å². The van der Waals surface area contributed by atoms with Crippen LogP contribution in [0.25, 0.3) is 0 Å². The Labute approximate surface area is 134 Å². The molecule has 0 unspecified atom stereocenters. The number of anilines is 2. The number of hydrogen-bond acceptors (Lipinski definition) is 3. The summed E-state index contributed by atoms with van der Waals surface area (Å²) in [7, 11) is 0. The molecule has 2 aromatic rings. The van der Waals surface area contributed by atoms with Crippen LogP contribution in [0.3, 0.4) is 0 Å². The van der Waals surface area contributed by atoms with E-state index < -0.39 is 0 Å². The number of nitrogens with one attached hydrogen (secondary N) is 2. The largest absolute Gasteiger partial charge is 0.444 e. The van der Waals surface area contributed by atoms with Crippen LogP contribution in [0.1, 0.15) is 23.0 Å². The van der Waals surface area contributed by atoms with Gasteiger partial charge < -0.3 is 15.1 Å². The molecule has 21 heavy (non-hydrogen) atoms. The normalized spacial score (nSPS) is 10.3. The number of rotatable bonds is 3. The van der Waals surface area contributed by atoms with Gasteiger partial charge in [0.15, 0.2) is 10.4 Å². The van der Waals surface area contributed by atoms with Crippen LogP contribution < -0.4 is 10.6 Å². The second-order valence-corrected chi connectivity index (χ2v) is 5.58. The highest BCUT2D eigenvalue weighted by Crippen LogP contribution is 2.26. The number of furan rings is 1. The fraction of sp³-hybridized carbons (Fsp3) is 0.143. The molecule has 7 heteroatoms. The summed E-state index contributed by atoms with van der Waals surface area (Å²) in [5.41, 5.74) is 1.65. The Hall–Kier alpha value is -1.79. The number of carbonyl (C=O) groups excluding carboxylic acids is 2. The van der Waals surface area contributed by atoms with Crippen LogP contribution in [-0.2, 0) is 4.79 Å². The summed E-state index contributed by atoms with van der Waals surface area (Å²) in [5.74, 6) is -0.404. The standard InChI is InChI=1S/C14H12BrClN2O3/c1-7-5-12(15)21-13(7)14(20)18-9-3-4-10(16)11(6-9)17-8(2)19/h3-6H,1-2H3,(H,17,19)(H,18,20). The summed E-state index contributed by atoms with van der Waals surface area (Å²) < 4.78 is 5.76. The molecule has 0 aliphatic rings. The van der Waals surface area contributed by atoms with Crippen molar-refractivity contribution in [3.05, 3.63) is 45.3 Å². The summed E-state index contributed by atoms with van der Waals surface area (Å²) in [4.78, 5) is 23.2. The number of amides is 2. The number of hydrogen-bond donors (Lipinski definition) is 2. The first-order valence-electron chi connectivity index (χ1n) is 6.01. The van der Waals surface area contributed by atoms with Gasteiger partial charge in [0.1, 0.15) is 0 Å². The van der Waals surface area contributed by atoms with E-state index >= 15 is 0 Å². The predicted octanol–water partition coefficient (Wildman–Crippen LogP) is 4.21. The van der Waals surface area contributed by atoms with Crippen LogP contribution in [0.4, 0.5) is 11.4 Å². The van der Waals surface area contributed by atoms with Gasteiger partial charge in [0, 0.05) is 18.2 Å². The highest BCUT2D eigenvalue weighted by molar-refractivity contribution is 9.10. The summed E-state index contributed by atoms with van der Waals surface area (Å²) in [6, 6.07) is 6.51. The molecule has 0 fully saturated rings. The zero-order chi connectivity index (χ0) is 15.6. The average Bonchev–Trinajstić information content (AvgIpc) is 2.72. The highest BCUT2D eigenvalue weighted by Gasteiger charge is 2.15. The Morgan fingerprint density at radius 1 is 1.24 bits per heavy atom. The molecule has 0 saturated heterocycles. The van der Waals surface area contributed by atoms with E-state index in [-0.39, 0.29) is 17.6 Å². The van der Waals surface area contributed by atoms with Gasteiger partial charge in [0.05, 0.1) is 10.7 Å². The number of aryl methyl sites for hydroxylation is 1. The van der Waals surface area contributed by atoms with Gasteiger partial charge in [-0.25, -0.2) is 0 Å². The highest BCUT2D eigenvalue weighted by atomic mass is 79.9. The fourth-order valence-corrected chi connectivity index (χ4v) is 2.42. The topological polar surface area (TPSA) is 71.3 Å². The minimum Gasteiger partial charge on any atom is -0.444 e. The van der Waals surface area contributed by atoms with E-state index in [1.807, 2.05) is 0 Å². The van der Waals surface area contributed by atoms with Crippen molar-refractivity contribution >= 4 is 50.7 Å². The number of carbonyl (C=O) groups is 2. The molecule has 0 spiro atoms. The third-order valence-corrected chi connectivity index (χ3v) is 3.35. The van der Waals surface area contributed by atoms with Gasteiger partial charge in [-0.3, -0.25) is 9.59 Å². The van der Waals surface area contributed by atoms with Gasteiger partial charge in [-0.15, -0.1) is 0 Å². The third-order valence-electron chi connectivity index (χ3n) is 2.63. The molecule has 0 aliphatic heterocycles. The molecule has 2 N–H and O–H groups in total. The first kappa shape index (κ1) is 15.6. The van der Waals surface area contributed by atoms with Crippen molar-refractivity contribution in [2.75, 3.05) is 10.6 Å². The quantitative estimate of drug-likeness (QED) is 0.849. The molecular weight excluding hydrogens is 360 g/mol. The SMILES string of the molecule is CC(=O)Nc1cc(NC(=O)c2oc(Br)cc2C)ccc1Cl. The van der Waals surface area contributed by atoms with E-state index in [1.54, 1.807) is 31.2 Å². The van der Waals surface area contributed by atoms with Crippen LogP contribution in [0.15, 0.2) is 33.4 Å². The van der Waals surface area contributed by atoms with Crippen molar-refractivity contribution in [1.82, 2.24) is 0 Å². The predicted molar refractivity (Wildman–Crippen MR) is 84.9 cm³/mol. The third kappa shape index (κ3) is 3.86. The first-order chi connectivity index (χ1) is 9.86. The Balaban J connectivity index is 2.21. The summed E-state index contributed by atoms with van der Waals surface area (Å²) in [6.07, 6.45) is 0. The zero-order valence-corrected chi connectivity index (χ0v) is 13.6. The maximum atomic E-state index is 12.1. The molecule has 2 amide bonds. The fourth-order valence-electron chi connectivity index (χ4n) is 1.74. The Kier molecular flexibility index (Phi) is 4.69. The van der Waals surface area contributed by atoms with Crippen molar-refractivity contribution in [2.45, 2.75) is 13.8 Å². The molecule has 1 heterocycles. The van der Waals surface area contributed by atoms with Crippen LogP contribution in [0.5, 0.6) is 0 Å². The monoisotopic (exact) mass is 370 g/mol. The van der Waals surface area contributed by atoms with Crippen molar-refractivity contribution in [3.8, 4) is 0 Å². The average molecular weight is 372 g/mol. The molecule has 0 bridgehead atoms. The number of benzene rings is 1. The molecular formula is C14H12BrClN2O3.